The average Bonchev–Trinajstić information content (AvgIpc) is 2.41. The number of benzene rings is 1. The third kappa shape index (κ3) is 4.39. The third-order valence-electron chi connectivity index (χ3n) is 2.96. The molecule has 0 fully saturated rings. The number of anilines is 1. The van der Waals surface area contributed by atoms with Crippen molar-refractivity contribution < 1.29 is 13.2 Å². The van der Waals surface area contributed by atoms with Gasteiger partial charge in [-0.05, 0) is 25.0 Å². The second kappa shape index (κ2) is 7.11. The van der Waals surface area contributed by atoms with Gasteiger partial charge in [-0.3, -0.25) is 4.79 Å². The number of para-hydroxylation sites is 1. The van der Waals surface area contributed by atoms with Crippen LogP contribution in [0.15, 0.2) is 29.2 Å². The summed E-state index contributed by atoms with van der Waals surface area (Å²) < 4.78 is 23.4. The van der Waals surface area contributed by atoms with E-state index in [0.29, 0.717) is 24.9 Å². The van der Waals surface area contributed by atoms with Crippen LogP contribution in [0.5, 0.6) is 0 Å². The van der Waals surface area contributed by atoms with Crippen LogP contribution in [-0.4, -0.2) is 27.6 Å². The number of carbonyl (C=O) groups is 1. The molecule has 0 heterocycles. The molecular formula is C15H19NO3S. The molecule has 0 spiro atoms. The standard InChI is InChI=1S/C15H19NO3S/c1-4-5-6-7-12-15(17)16(2)13-10-8-9-11-14(13)20(3,18)19/h1,8-11H,5-7,12H2,2-3H3. The number of unbranched alkanes of at least 4 members (excludes halogenated alkanes) is 2. The van der Waals surface area contributed by atoms with Crippen molar-refractivity contribution in [3.05, 3.63) is 24.3 Å². The van der Waals surface area contributed by atoms with E-state index in [1.54, 1.807) is 25.2 Å². The van der Waals surface area contributed by atoms with Crippen LogP contribution in [0, 0.1) is 12.3 Å². The van der Waals surface area contributed by atoms with Crippen LogP contribution in [0.3, 0.4) is 0 Å². The molecule has 1 aromatic rings. The van der Waals surface area contributed by atoms with E-state index < -0.39 is 9.84 Å². The molecular weight excluding hydrogens is 274 g/mol. The Morgan fingerprint density at radius 2 is 1.95 bits per heavy atom. The fourth-order valence-corrected chi connectivity index (χ4v) is 2.76. The maximum absolute atomic E-state index is 12.1. The minimum Gasteiger partial charge on any atom is -0.314 e. The lowest BCUT2D eigenvalue weighted by molar-refractivity contribution is -0.118. The molecule has 0 bridgehead atoms. The van der Waals surface area contributed by atoms with Crippen molar-refractivity contribution in [2.24, 2.45) is 0 Å². The molecule has 0 saturated carbocycles. The summed E-state index contributed by atoms with van der Waals surface area (Å²) in [7, 11) is -1.77. The molecule has 1 amide bonds. The zero-order chi connectivity index (χ0) is 15.2. The van der Waals surface area contributed by atoms with Crippen molar-refractivity contribution in [3.63, 3.8) is 0 Å². The summed E-state index contributed by atoms with van der Waals surface area (Å²) in [6.07, 6.45) is 8.79. The van der Waals surface area contributed by atoms with Crippen LogP contribution in [0.2, 0.25) is 0 Å². The molecule has 5 heteroatoms. The number of terminal acetylenes is 1. The molecule has 4 nitrogen and oxygen atoms in total. The minimum absolute atomic E-state index is 0.113. The highest BCUT2D eigenvalue weighted by molar-refractivity contribution is 7.90. The SMILES string of the molecule is C#CCCCCC(=O)N(C)c1ccccc1S(C)(=O)=O. The minimum atomic E-state index is -3.36. The lowest BCUT2D eigenvalue weighted by atomic mass is 10.2. The summed E-state index contributed by atoms with van der Waals surface area (Å²) >= 11 is 0. The van der Waals surface area contributed by atoms with Gasteiger partial charge in [0.15, 0.2) is 9.84 Å². The summed E-state index contributed by atoms with van der Waals surface area (Å²) in [4.78, 5) is 13.6. The summed E-state index contributed by atoms with van der Waals surface area (Å²) in [5.74, 6) is 2.41. The Labute approximate surface area is 120 Å². The summed E-state index contributed by atoms with van der Waals surface area (Å²) in [6, 6.07) is 6.50. The van der Waals surface area contributed by atoms with Gasteiger partial charge in [0.2, 0.25) is 5.91 Å². The molecule has 0 aliphatic carbocycles. The Morgan fingerprint density at radius 1 is 1.30 bits per heavy atom. The molecule has 0 aliphatic rings. The van der Waals surface area contributed by atoms with Crippen LogP contribution in [-0.2, 0) is 14.6 Å². The third-order valence-corrected chi connectivity index (χ3v) is 4.11. The van der Waals surface area contributed by atoms with Gasteiger partial charge in [-0.15, -0.1) is 12.3 Å². The normalized spacial score (nSPS) is 10.8. The summed E-state index contributed by atoms with van der Waals surface area (Å²) in [5.41, 5.74) is 0.414. The molecule has 1 rings (SSSR count). The first kappa shape index (κ1) is 16.3. The highest BCUT2D eigenvalue weighted by atomic mass is 32.2. The molecule has 0 radical (unpaired) electrons. The quantitative estimate of drug-likeness (QED) is 0.597. The van der Waals surface area contributed by atoms with Crippen molar-refractivity contribution in [1.29, 1.82) is 0 Å². The van der Waals surface area contributed by atoms with E-state index >= 15 is 0 Å². The molecule has 108 valence electrons. The van der Waals surface area contributed by atoms with Gasteiger partial charge in [0, 0.05) is 26.1 Å². The number of hydrogen-bond acceptors (Lipinski definition) is 3. The second-order valence-corrected chi connectivity index (χ2v) is 6.59. The van der Waals surface area contributed by atoms with Crippen LogP contribution in [0.25, 0.3) is 0 Å². The van der Waals surface area contributed by atoms with E-state index in [0.717, 1.165) is 12.7 Å². The molecule has 0 unspecified atom stereocenters. The number of hydrogen-bond donors (Lipinski definition) is 0. The van der Waals surface area contributed by atoms with E-state index in [1.165, 1.54) is 11.0 Å². The van der Waals surface area contributed by atoms with E-state index in [1.807, 2.05) is 0 Å². The first-order chi connectivity index (χ1) is 9.38. The van der Waals surface area contributed by atoms with Crippen molar-refractivity contribution in [2.45, 2.75) is 30.6 Å². The van der Waals surface area contributed by atoms with Gasteiger partial charge < -0.3 is 4.90 Å². The molecule has 0 N–H and O–H groups in total. The smallest absolute Gasteiger partial charge is 0.226 e. The van der Waals surface area contributed by atoms with E-state index in [2.05, 4.69) is 5.92 Å². The van der Waals surface area contributed by atoms with Crippen LogP contribution in [0.1, 0.15) is 25.7 Å². The van der Waals surface area contributed by atoms with Gasteiger partial charge >= 0.3 is 0 Å². The van der Waals surface area contributed by atoms with Crippen molar-refractivity contribution in [1.82, 2.24) is 0 Å². The fourth-order valence-electron chi connectivity index (χ4n) is 1.85. The highest BCUT2D eigenvalue weighted by Crippen LogP contribution is 2.24. The molecule has 20 heavy (non-hydrogen) atoms. The van der Waals surface area contributed by atoms with E-state index in [4.69, 9.17) is 6.42 Å². The molecule has 0 atom stereocenters. The van der Waals surface area contributed by atoms with Crippen LogP contribution in [0.4, 0.5) is 5.69 Å². The maximum Gasteiger partial charge on any atom is 0.226 e. The lowest BCUT2D eigenvalue weighted by Gasteiger charge is -2.20. The molecule has 0 saturated heterocycles. The van der Waals surface area contributed by atoms with Crippen molar-refractivity contribution >= 4 is 21.4 Å². The fraction of sp³-hybridized carbons (Fsp3) is 0.400. The van der Waals surface area contributed by atoms with Crippen molar-refractivity contribution in [2.75, 3.05) is 18.2 Å². The van der Waals surface area contributed by atoms with E-state index in [-0.39, 0.29) is 10.8 Å². The zero-order valence-corrected chi connectivity index (χ0v) is 12.6. The number of amides is 1. The first-order valence-corrected chi connectivity index (χ1v) is 8.26. The van der Waals surface area contributed by atoms with Crippen LogP contribution >= 0.6 is 0 Å². The van der Waals surface area contributed by atoms with Gasteiger partial charge in [-0.1, -0.05) is 12.1 Å². The molecule has 0 aromatic heterocycles. The monoisotopic (exact) mass is 293 g/mol. The predicted molar refractivity (Wildman–Crippen MR) is 80.3 cm³/mol. The average molecular weight is 293 g/mol. The van der Waals surface area contributed by atoms with Crippen LogP contribution < -0.4 is 4.90 Å². The Kier molecular flexibility index (Phi) is 5.78. The second-order valence-electron chi connectivity index (χ2n) is 4.60. The zero-order valence-electron chi connectivity index (χ0n) is 11.8. The number of nitrogens with zero attached hydrogens (tertiary/aromatic N) is 1. The Bertz CT molecular complexity index is 614. The summed E-state index contributed by atoms with van der Waals surface area (Å²) in [6.45, 7) is 0. The van der Waals surface area contributed by atoms with E-state index in [9.17, 15) is 13.2 Å². The predicted octanol–water partition coefficient (Wildman–Crippen LogP) is 2.25. The Morgan fingerprint density at radius 3 is 2.55 bits per heavy atom. The van der Waals surface area contributed by atoms with Gasteiger partial charge in [0.25, 0.3) is 0 Å². The number of carbonyl (C=O) groups excluding carboxylic acids is 1. The topological polar surface area (TPSA) is 54.5 Å². The maximum atomic E-state index is 12.1. The summed E-state index contributed by atoms with van der Waals surface area (Å²) in [5, 5.41) is 0. The van der Waals surface area contributed by atoms with Crippen molar-refractivity contribution in [3.8, 4) is 12.3 Å². The van der Waals surface area contributed by atoms with Gasteiger partial charge in [0.1, 0.15) is 0 Å². The first-order valence-electron chi connectivity index (χ1n) is 6.37. The Balaban J connectivity index is 2.85. The van der Waals surface area contributed by atoms with Gasteiger partial charge in [-0.2, -0.15) is 0 Å². The molecule has 1 aromatic carbocycles. The number of sulfone groups is 1. The number of rotatable bonds is 6. The molecule has 0 aliphatic heterocycles. The van der Waals surface area contributed by atoms with Gasteiger partial charge in [-0.25, -0.2) is 8.42 Å². The highest BCUT2D eigenvalue weighted by Gasteiger charge is 2.19. The largest absolute Gasteiger partial charge is 0.314 e. The van der Waals surface area contributed by atoms with Gasteiger partial charge in [0.05, 0.1) is 10.6 Å². The lowest BCUT2D eigenvalue weighted by Crippen LogP contribution is -2.27. The Hall–Kier alpha value is -1.80.